The maximum Gasteiger partial charge on any atom is 0.326 e. The Morgan fingerprint density at radius 2 is 1.67 bits per heavy atom. The molecule has 11 heteroatoms. The summed E-state index contributed by atoms with van der Waals surface area (Å²) < 4.78 is 0. The number of aliphatic carboxylic acids is 1. The number of hydrogen-bond acceptors (Lipinski definition) is 6. The Bertz CT molecular complexity index is 1060. The van der Waals surface area contributed by atoms with Crippen LogP contribution in [0.5, 0.6) is 0 Å². The van der Waals surface area contributed by atoms with E-state index in [4.69, 9.17) is 5.73 Å². The fourth-order valence-electron chi connectivity index (χ4n) is 3.75. The summed E-state index contributed by atoms with van der Waals surface area (Å²) in [6, 6.07) is 3.75. The normalized spacial score (nSPS) is 15.4. The van der Waals surface area contributed by atoms with Crippen LogP contribution in [0.3, 0.4) is 0 Å². The zero-order chi connectivity index (χ0) is 26.8. The van der Waals surface area contributed by atoms with Gasteiger partial charge in [0.05, 0.1) is 6.04 Å². The smallest absolute Gasteiger partial charge is 0.326 e. The first-order valence-corrected chi connectivity index (χ1v) is 13.4. The summed E-state index contributed by atoms with van der Waals surface area (Å²) in [5.41, 5.74) is 7.43. The molecule has 0 aliphatic rings. The minimum absolute atomic E-state index is 0.176. The molecular formula is C25H37N5O5S. The largest absolute Gasteiger partial charge is 0.480 e. The third-order valence-corrected chi connectivity index (χ3v) is 6.81. The van der Waals surface area contributed by atoms with Gasteiger partial charge in [0.15, 0.2) is 0 Å². The highest BCUT2D eigenvalue weighted by Crippen LogP contribution is 2.19. The predicted molar refractivity (Wildman–Crippen MR) is 142 cm³/mol. The molecular weight excluding hydrogens is 482 g/mol. The van der Waals surface area contributed by atoms with Crippen LogP contribution in [0, 0.1) is 5.92 Å². The Kier molecular flexibility index (Phi) is 11.3. The van der Waals surface area contributed by atoms with E-state index in [-0.39, 0.29) is 12.3 Å². The van der Waals surface area contributed by atoms with Crippen molar-refractivity contribution in [3.05, 3.63) is 36.0 Å². The molecule has 0 fully saturated rings. The number of hydrogen-bond donors (Lipinski definition) is 6. The second-order valence-corrected chi connectivity index (χ2v) is 9.95. The molecule has 0 aliphatic heterocycles. The summed E-state index contributed by atoms with van der Waals surface area (Å²) in [5.74, 6) is -2.47. The highest BCUT2D eigenvalue weighted by molar-refractivity contribution is 7.98. The number of H-pyrrole nitrogens is 1. The fourth-order valence-corrected chi connectivity index (χ4v) is 4.22. The molecule has 0 bridgehead atoms. The van der Waals surface area contributed by atoms with Crippen LogP contribution in [-0.4, -0.2) is 70.0 Å². The summed E-state index contributed by atoms with van der Waals surface area (Å²) in [7, 11) is 0. The molecule has 3 amide bonds. The first-order valence-electron chi connectivity index (χ1n) is 12.0. The second-order valence-electron chi connectivity index (χ2n) is 8.97. The number of benzene rings is 1. The van der Waals surface area contributed by atoms with E-state index in [9.17, 15) is 24.3 Å². The third kappa shape index (κ3) is 7.99. The number of rotatable bonds is 14. The van der Waals surface area contributed by atoms with Gasteiger partial charge in [0.1, 0.15) is 18.1 Å². The number of thioether (sulfide) groups is 1. The lowest BCUT2D eigenvalue weighted by Gasteiger charge is -2.26. The summed E-state index contributed by atoms with van der Waals surface area (Å²) in [4.78, 5) is 53.7. The van der Waals surface area contributed by atoms with Gasteiger partial charge in [-0.3, -0.25) is 14.4 Å². The molecule has 0 radical (unpaired) electrons. The van der Waals surface area contributed by atoms with Crippen molar-refractivity contribution in [3.63, 3.8) is 0 Å². The van der Waals surface area contributed by atoms with E-state index in [2.05, 4.69) is 20.9 Å². The van der Waals surface area contributed by atoms with Gasteiger partial charge in [0.2, 0.25) is 17.7 Å². The molecule has 0 saturated heterocycles. The quantitative estimate of drug-likeness (QED) is 0.219. The number of carboxylic acid groups (broad SMARTS) is 1. The molecule has 198 valence electrons. The van der Waals surface area contributed by atoms with Crippen LogP contribution < -0.4 is 21.7 Å². The van der Waals surface area contributed by atoms with E-state index in [0.717, 1.165) is 16.5 Å². The Hall–Kier alpha value is -3.05. The van der Waals surface area contributed by atoms with E-state index in [1.807, 2.05) is 37.4 Å². The van der Waals surface area contributed by atoms with Gasteiger partial charge < -0.3 is 31.8 Å². The van der Waals surface area contributed by atoms with E-state index in [1.165, 1.54) is 18.7 Å². The van der Waals surface area contributed by atoms with Crippen LogP contribution in [0.4, 0.5) is 0 Å². The van der Waals surface area contributed by atoms with Crippen LogP contribution in [0.1, 0.15) is 39.2 Å². The van der Waals surface area contributed by atoms with Gasteiger partial charge in [-0.25, -0.2) is 4.79 Å². The average Bonchev–Trinajstić information content (AvgIpc) is 3.26. The van der Waals surface area contributed by atoms with Gasteiger partial charge in [-0.15, -0.1) is 0 Å². The number of nitrogens with two attached hydrogens (primary N) is 1. The number of aromatic amines is 1. The van der Waals surface area contributed by atoms with Crippen LogP contribution in [-0.2, 0) is 25.6 Å². The molecule has 1 aromatic heterocycles. The molecule has 1 heterocycles. The van der Waals surface area contributed by atoms with E-state index in [0.29, 0.717) is 18.6 Å². The Labute approximate surface area is 215 Å². The van der Waals surface area contributed by atoms with Crippen LogP contribution in [0.25, 0.3) is 10.9 Å². The van der Waals surface area contributed by atoms with Gasteiger partial charge in [-0.1, -0.05) is 38.5 Å². The number of nitrogens with one attached hydrogen (secondary N) is 4. The van der Waals surface area contributed by atoms with Crippen molar-refractivity contribution in [3.8, 4) is 0 Å². The van der Waals surface area contributed by atoms with Gasteiger partial charge in [-0.05, 0) is 42.9 Å². The summed E-state index contributed by atoms with van der Waals surface area (Å²) in [5, 5.41) is 18.5. The minimum atomic E-state index is -1.13. The van der Waals surface area contributed by atoms with Crippen molar-refractivity contribution in [2.75, 3.05) is 12.0 Å². The monoisotopic (exact) mass is 519 g/mol. The predicted octanol–water partition coefficient (Wildman–Crippen LogP) is 1.40. The van der Waals surface area contributed by atoms with Crippen molar-refractivity contribution in [1.82, 2.24) is 20.9 Å². The number of carbonyl (C=O) groups is 4. The molecule has 5 atom stereocenters. The Balaban J connectivity index is 2.26. The van der Waals surface area contributed by atoms with Crippen LogP contribution in [0.15, 0.2) is 30.5 Å². The number of fused-ring (bicyclic) bond motifs is 1. The summed E-state index contributed by atoms with van der Waals surface area (Å²) in [6.45, 7) is 5.11. The zero-order valence-corrected chi connectivity index (χ0v) is 22.0. The number of carboxylic acids is 1. The Morgan fingerprint density at radius 1 is 1.03 bits per heavy atom. The van der Waals surface area contributed by atoms with Crippen molar-refractivity contribution in [1.29, 1.82) is 0 Å². The van der Waals surface area contributed by atoms with Gasteiger partial charge >= 0.3 is 5.97 Å². The first kappa shape index (κ1) is 29.2. The zero-order valence-electron chi connectivity index (χ0n) is 21.2. The fraction of sp³-hybridized carbons (Fsp3) is 0.520. The van der Waals surface area contributed by atoms with Crippen molar-refractivity contribution in [2.45, 2.75) is 64.2 Å². The lowest BCUT2D eigenvalue weighted by Crippen LogP contribution is -2.58. The molecule has 5 unspecified atom stereocenters. The topological polar surface area (TPSA) is 166 Å². The van der Waals surface area contributed by atoms with E-state index >= 15 is 0 Å². The molecule has 36 heavy (non-hydrogen) atoms. The highest BCUT2D eigenvalue weighted by atomic mass is 32.2. The van der Waals surface area contributed by atoms with Crippen LogP contribution >= 0.6 is 11.8 Å². The molecule has 0 aliphatic carbocycles. The van der Waals surface area contributed by atoms with Crippen molar-refractivity contribution in [2.24, 2.45) is 11.7 Å². The first-order chi connectivity index (χ1) is 17.1. The highest BCUT2D eigenvalue weighted by Gasteiger charge is 2.31. The summed E-state index contributed by atoms with van der Waals surface area (Å²) in [6.07, 6.45) is 4.70. The van der Waals surface area contributed by atoms with Crippen molar-refractivity contribution < 1.29 is 24.3 Å². The lowest BCUT2D eigenvalue weighted by molar-refractivity contribution is -0.143. The SMILES string of the molecule is CCC(C)C(NC(=O)C(CCSC)NC(=O)C(Cc1c[nH]c2ccccc12)NC(=O)C(C)N)C(=O)O. The Morgan fingerprint density at radius 3 is 2.28 bits per heavy atom. The minimum Gasteiger partial charge on any atom is -0.480 e. The maximum absolute atomic E-state index is 13.4. The number of para-hydroxylation sites is 1. The molecule has 2 aromatic rings. The van der Waals surface area contributed by atoms with Crippen LogP contribution in [0.2, 0.25) is 0 Å². The summed E-state index contributed by atoms with van der Waals surface area (Å²) >= 11 is 1.50. The van der Waals surface area contributed by atoms with E-state index in [1.54, 1.807) is 13.1 Å². The average molecular weight is 520 g/mol. The van der Waals surface area contributed by atoms with Gasteiger partial charge in [-0.2, -0.15) is 11.8 Å². The third-order valence-electron chi connectivity index (χ3n) is 6.17. The number of amides is 3. The molecule has 0 saturated carbocycles. The molecule has 0 spiro atoms. The second kappa shape index (κ2) is 13.9. The van der Waals surface area contributed by atoms with E-state index < -0.39 is 47.9 Å². The maximum atomic E-state index is 13.4. The molecule has 1 aromatic carbocycles. The molecule has 2 rings (SSSR count). The lowest BCUT2D eigenvalue weighted by atomic mass is 9.98. The molecule has 10 nitrogen and oxygen atoms in total. The van der Waals surface area contributed by atoms with Gasteiger partial charge in [0, 0.05) is 23.5 Å². The number of carbonyl (C=O) groups excluding carboxylic acids is 3. The number of aromatic nitrogens is 1. The standard InChI is InChI=1S/C25H37N5O5S/c1-5-14(2)21(25(34)35)30-23(32)19(10-11-36-4)28-24(33)20(29-22(31)15(3)26)12-16-13-27-18-9-7-6-8-17(16)18/h6-9,13-15,19-21,27H,5,10-12,26H2,1-4H3,(H,28,33)(H,29,31)(H,30,32)(H,34,35). The van der Waals surface area contributed by atoms with Gasteiger partial charge in [0.25, 0.3) is 0 Å². The van der Waals surface area contributed by atoms with Crippen molar-refractivity contribution >= 4 is 46.4 Å². The molecule has 7 N–H and O–H groups in total.